The van der Waals surface area contributed by atoms with Crippen molar-refractivity contribution in [3.05, 3.63) is 35.4 Å². The molecule has 21 heavy (non-hydrogen) atoms. The van der Waals surface area contributed by atoms with Crippen molar-refractivity contribution in [1.29, 1.82) is 0 Å². The highest BCUT2D eigenvalue weighted by atomic mass is 16.1. The number of aryl methyl sites for hydroxylation is 1. The van der Waals surface area contributed by atoms with Crippen molar-refractivity contribution in [2.75, 3.05) is 0 Å². The first-order valence-corrected chi connectivity index (χ1v) is 8.59. The molecule has 1 aromatic carbocycles. The van der Waals surface area contributed by atoms with E-state index in [1.54, 1.807) is 12.1 Å². The van der Waals surface area contributed by atoms with Crippen molar-refractivity contribution in [1.82, 2.24) is 5.73 Å². The summed E-state index contributed by atoms with van der Waals surface area (Å²) in [7, 11) is 0. The van der Waals surface area contributed by atoms with Gasteiger partial charge in [-0.1, -0.05) is 76.8 Å². The fraction of sp³-hybridized carbons (Fsp3) is 0.632. The van der Waals surface area contributed by atoms with Crippen LogP contribution in [-0.4, -0.2) is 5.91 Å². The Bertz CT molecular complexity index is 383. The summed E-state index contributed by atoms with van der Waals surface area (Å²) in [5.74, 6) is -0.597. The molecule has 0 aliphatic carbocycles. The second-order valence-corrected chi connectivity index (χ2v) is 5.96. The first-order chi connectivity index (χ1) is 10.2. The van der Waals surface area contributed by atoms with Crippen molar-refractivity contribution in [3.8, 4) is 0 Å². The molecule has 0 aliphatic heterocycles. The van der Waals surface area contributed by atoms with Crippen LogP contribution in [0.15, 0.2) is 24.3 Å². The Hall–Kier alpha value is -1.31. The van der Waals surface area contributed by atoms with Crippen LogP contribution in [0, 0.1) is 0 Å². The van der Waals surface area contributed by atoms with E-state index in [0.29, 0.717) is 5.56 Å². The highest BCUT2D eigenvalue weighted by Crippen LogP contribution is 2.13. The highest BCUT2D eigenvalue weighted by Gasteiger charge is 2.00. The predicted molar refractivity (Wildman–Crippen MR) is 89.4 cm³/mol. The summed E-state index contributed by atoms with van der Waals surface area (Å²) in [6.07, 6.45) is 14.7. The van der Waals surface area contributed by atoms with E-state index in [1.165, 1.54) is 69.8 Å². The number of rotatable bonds is 12. The van der Waals surface area contributed by atoms with E-state index in [9.17, 15) is 4.79 Å². The lowest BCUT2D eigenvalue weighted by Crippen LogP contribution is -1.98. The number of benzene rings is 1. The molecule has 2 heteroatoms. The minimum absolute atomic E-state index is 0.488. The molecule has 0 saturated heterocycles. The average molecular weight is 288 g/mol. The SMILES string of the molecule is CCCCCCCCCCCCc1ccc(C([NH])=O)cc1. The van der Waals surface area contributed by atoms with Crippen LogP contribution in [0.3, 0.4) is 0 Å². The topological polar surface area (TPSA) is 40.9 Å². The smallest absolute Gasteiger partial charge is 0.267 e. The molecule has 0 bridgehead atoms. The number of hydrogen-bond acceptors (Lipinski definition) is 1. The first kappa shape index (κ1) is 17.7. The molecule has 0 unspecified atom stereocenters. The van der Waals surface area contributed by atoms with Gasteiger partial charge in [0, 0.05) is 5.56 Å². The van der Waals surface area contributed by atoms with Crippen LogP contribution in [0.4, 0.5) is 0 Å². The van der Waals surface area contributed by atoms with Gasteiger partial charge < -0.3 is 0 Å². The lowest BCUT2D eigenvalue weighted by atomic mass is 10.0. The second kappa shape index (κ2) is 11.4. The molecule has 0 aromatic heterocycles. The molecule has 0 saturated carbocycles. The van der Waals surface area contributed by atoms with E-state index in [-0.39, 0.29) is 0 Å². The van der Waals surface area contributed by atoms with Crippen LogP contribution >= 0.6 is 0 Å². The number of carbonyl (C=O) groups is 1. The third-order valence-corrected chi connectivity index (χ3v) is 4.04. The van der Waals surface area contributed by atoms with Gasteiger partial charge in [-0.05, 0) is 30.5 Å². The zero-order valence-corrected chi connectivity index (χ0v) is 13.5. The van der Waals surface area contributed by atoms with Gasteiger partial charge in [-0.2, -0.15) is 0 Å². The quantitative estimate of drug-likeness (QED) is 0.463. The van der Waals surface area contributed by atoms with Gasteiger partial charge in [0.15, 0.2) is 0 Å². The minimum Gasteiger partial charge on any atom is -0.267 e. The van der Waals surface area contributed by atoms with Gasteiger partial charge in [0.1, 0.15) is 0 Å². The van der Waals surface area contributed by atoms with E-state index < -0.39 is 5.91 Å². The maximum Gasteiger partial charge on any atom is 0.269 e. The zero-order chi connectivity index (χ0) is 15.3. The van der Waals surface area contributed by atoms with E-state index >= 15 is 0 Å². The predicted octanol–water partition coefficient (Wildman–Crippen LogP) is 5.57. The number of amides is 1. The molecule has 0 spiro atoms. The van der Waals surface area contributed by atoms with E-state index in [2.05, 4.69) is 6.92 Å². The lowest BCUT2D eigenvalue weighted by Gasteiger charge is -2.03. The number of carbonyl (C=O) groups excluding carboxylic acids is 1. The summed E-state index contributed by atoms with van der Waals surface area (Å²) >= 11 is 0. The zero-order valence-electron chi connectivity index (χ0n) is 13.5. The van der Waals surface area contributed by atoms with Crippen molar-refractivity contribution >= 4 is 5.91 Å². The van der Waals surface area contributed by atoms with Crippen LogP contribution in [0.1, 0.15) is 87.1 Å². The Morgan fingerprint density at radius 1 is 0.810 bits per heavy atom. The van der Waals surface area contributed by atoms with Crippen LogP contribution in [-0.2, 0) is 6.42 Å². The number of nitrogens with one attached hydrogen (secondary N) is 1. The second-order valence-electron chi connectivity index (χ2n) is 5.96. The molecule has 1 aromatic rings. The molecule has 1 rings (SSSR count). The van der Waals surface area contributed by atoms with E-state index in [1.807, 2.05) is 12.1 Å². The molecule has 1 N–H and O–H groups in total. The summed E-state index contributed by atoms with van der Waals surface area (Å²) < 4.78 is 0. The van der Waals surface area contributed by atoms with E-state index in [4.69, 9.17) is 5.73 Å². The van der Waals surface area contributed by atoms with Crippen molar-refractivity contribution in [2.24, 2.45) is 0 Å². The molecule has 1 radical (unpaired) electrons. The molecule has 0 atom stereocenters. The summed E-state index contributed by atoms with van der Waals surface area (Å²) in [6.45, 7) is 2.26. The Morgan fingerprint density at radius 2 is 1.29 bits per heavy atom. The van der Waals surface area contributed by atoms with Crippen LogP contribution < -0.4 is 5.73 Å². The van der Waals surface area contributed by atoms with Crippen molar-refractivity contribution in [2.45, 2.75) is 77.6 Å². The Kier molecular flexibility index (Phi) is 9.60. The lowest BCUT2D eigenvalue weighted by molar-refractivity contribution is 0.0992. The molecule has 0 heterocycles. The van der Waals surface area contributed by atoms with Crippen LogP contribution in [0.5, 0.6) is 0 Å². The molecular formula is C19H30NO. The summed E-state index contributed by atoms with van der Waals surface area (Å²) in [5, 5.41) is 0. The van der Waals surface area contributed by atoms with Gasteiger partial charge >= 0.3 is 0 Å². The van der Waals surface area contributed by atoms with Gasteiger partial charge in [-0.15, -0.1) is 0 Å². The highest BCUT2D eigenvalue weighted by molar-refractivity contribution is 5.92. The molecule has 0 aliphatic rings. The van der Waals surface area contributed by atoms with Gasteiger partial charge in [0.05, 0.1) is 0 Å². The maximum atomic E-state index is 10.9. The average Bonchev–Trinajstić information content (AvgIpc) is 2.49. The number of unbranched alkanes of at least 4 members (excludes halogenated alkanes) is 9. The Labute approximate surface area is 130 Å². The summed E-state index contributed by atoms with van der Waals surface area (Å²) in [5.41, 5.74) is 8.80. The fourth-order valence-corrected chi connectivity index (χ4v) is 2.64. The standard InChI is InChI=1S/C19H30NO/c1-2-3-4-5-6-7-8-9-10-11-12-17-13-15-18(16-14-17)19(20)21/h13-16,20H,2-12H2,1H3. The first-order valence-electron chi connectivity index (χ1n) is 8.59. The molecular weight excluding hydrogens is 258 g/mol. The van der Waals surface area contributed by atoms with Crippen LogP contribution in [0.25, 0.3) is 0 Å². The normalized spacial score (nSPS) is 10.7. The third kappa shape index (κ3) is 8.54. The molecule has 1 amide bonds. The molecule has 0 fully saturated rings. The maximum absolute atomic E-state index is 10.9. The van der Waals surface area contributed by atoms with Gasteiger partial charge in [0.2, 0.25) is 0 Å². The van der Waals surface area contributed by atoms with Crippen molar-refractivity contribution < 1.29 is 4.79 Å². The monoisotopic (exact) mass is 288 g/mol. The van der Waals surface area contributed by atoms with E-state index in [0.717, 1.165) is 6.42 Å². The summed E-state index contributed by atoms with van der Waals surface area (Å²) in [6, 6.07) is 7.49. The van der Waals surface area contributed by atoms with Gasteiger partial charge in [-0.3, -0.25) is 10.5 Å². The number of hydrogen-bond donors (Lipinski definition) is 0. The fourth-order valence-electron chi connectivity index (χ4n) is 2.64. The molecule has 2 nitrogen and oxygen atoms in total. The third-order valence-electron chi connectivity index (χ3n) is 4.04. The van der Waals surface area contributed by atoms with Gasteiger partial charge in [-0.25, -0.2) is 0 Å². The minimum atomic E-state index is -0.597. The largest absolute Gasteiger partial charge is 0.269 e. The molecule has 117 valence electrons. The van der Waals surface area contributed by atoms with Gasteiger partial charge in [0.25, 0.3) is 5.91 Å². The Balaban J connectivity index is 1.98. The van der Waals surface area contributed by atoms with Crippen molar-refractivity contribution in [3.63, 3.8) is 0 Å². The van der Waals surface area contributed by atoms with Crippen LogP contribution in [0.2, 0.25) is 0 Å². The summed E-state index contributed by atoms with van der Waals surface area (Å²) in [4.78, 5) is 10.9. The Morgan fingerprint density at radius 3 is 1.76 bits per heavy atom.